The van der Waals surface area contributed by atoms with Gasteiger partial charge in [-0.3, -0.25) is 4.79 Å². The van der Waals surface area contributed by atoms with Gasteiger partial charge in [0.25, 0.3) is 0 Å². The van der Waals surface area contributed by atoms with Crippen molar-refractivity contribution in [3.63, 3.8) is 0 Å². The van der Waals surface area contributed by atoms with Crippen LogP contribution >= 0.6 is 15.9 Å². The van der Waals surface area contributed by atoms with E-state index in [-0.39, 0.29) is 12.3 Å². The first-order valence-corrected chi connectivity index (χ1v) is 6.96. The van der Waals surface area contributed by atoms with Crippen LogP contribution in [0.4, 0.5) is 0 Å². The molecule has 1 atom stereocenters. The Morgan fingerprint density at radius 2 is 2.28 bits per heavy atom. The van der Waals surface area contributed by atoms with Gasteiger partial charge < -0.3 is 9.84 Å². The number of methoxy groups -OCH3 is 1. The number of hydrogen-bond acceptors (Lipinski definition) is 2. The largest absolute Gasteiger partial charge is 0.496 e. The SMILES string of the molecule is COc1ccc(C(CC(=O)O)C2CCC2)cc1Br. The molecule has 0 bridgehead atoms. The van der Waals surface area contributed by atoms with Crippen molar-refractivity contribution in [2.45, 2.75) is 31.6 Å². The van der Waals surface area contributed by atoms with Gasteiger partial charge in [0, 0.05) is 0 Å². The maximum atomic E-state index is 11.0. The van der Waals surface area contributed by atoms with Crippen LogP contribution in [0.1, 0.15) is 37.2 Å². The van der Waals surface area contributed by atoms with Crippen LogP contribution in [0.25, 0.3) is 0 Å². The van der Waals surface area contributed by atoms with Gasteiger partial charge in [-0.05, 0) is 58.3 Å². The molecular formula is C14H17BrO3. The Labute approximate surface area is 115 Å². The van der Waals surface area contributed by atoms with Crippen molar-refractivity contribution < 1.29 is 14.6 Å². The standard InChI is InChI=1S/C14H17BrO3/c1-18-13-6-5-10(7-12(13)15)11(8-14(16)17)9-3-2-4-9/h5-7,9,11H,2-4,8H2,1H3,(H,16,17). The lowest BCUT2D eigenvalue weighted by Crippen LogP contribution is -2.22. The number of ether oxygens (including phenoxy) is 1. The third-order valence-corrected chi connectivity index (χ3v) is 4.34. The first kappa shape index (κ1) is 13.4. The van der Waals surface area contributed by atoms with E-state index in [4.69, 9.17) is 9.84 Å². The van der Waals surface area contributed by atoms with Gasteiger partial charge in [-0.15, -0.1) is 0 Å². The van der Waals surface area contributed by atoms with E-state index in [1.54, 1.807) is 7.11 Å². The van der Waals surface area contributed by atoms with E-state index in [2.05, 4.69) is 15.9 Å². The molecule has 1 N–H and O–H groups in total. The Bertz CT molecular complexity index is 441. The van der Waals surface area contributed by atoms with Gasteiger partial charge in [-0.1, -0.05) is 12.5 Å². The normalized spacial score (nSPS) is 17.0. The van der Waals surface area contributed by atoms with Gasteiger partial charge in [-0.25, -0.2) is 0 Å². The Hall–Kier alpha value is -1.03. The lowest BCUT2D eigenvalue weighted by Gasteiger charge is -2.33. The van der Waals surface area contributed by atoms with E-state index in [9.17, 15) is 4.79 Å². The van der Waals surface area contributed by atoms with E-state index < -0.39 is 5.97 Å². The van der Waals surface area contributed by atoms with Gasteiger partial charge in [0.1, 0.15) is 5.75 Å². The molecule has 0 amide bonds. The summed E-state index contributed by atoms with van der Waals surface area (Å²) in [5.74, 6) is 0.695. The highest BCUT2D eigenvalue weighted by Crippen LogP contribution is 2.42. The number of rotatable bonds is 5. The summed E-state index contributed by atoms with van der Waals surface area (Å²) in [6.45, 7) is 0. The summed E-state index contributed by atoms with van der Waals surface area (Å²) in [6, 6.07) is 5.87. The molecule has 1 unspecified atom stereocenters. The van der Waals surface area contributed by atoms with Gasteiger partial charge in [0.15, 0.2) is 0 Å². The molecule has 0 heterocycles. The molecule has 0 saturated heterocycles. The van der Waals surface area contributed by atoms with Crippen LogP contribution in [-0.4, -0.2) is 18.2 Å². The average Bonchev–Trinajstić information content (AvgIpc) is 2.25. The molecule has 18 heavy (non-hydrogen) atoms. The van der Waals surface area contributed by atoms with Gasteiger partial charge in [-0.2, -0.15) is 0 Å². The maximum Gasteiger partial charge on any atom is 0.303 e. The molecule has 1 aliphatic carbocycles. The number of halogens is 1. The molecular weight excluding hydrogens is 296 g/mol. The van der Waals surface area contributed by atoms with Crippen LogP contribution in [-0.2, 0) is 4.79 Å². The lowest BCUT2D eigenvalue weighted by atomic mass is 9.72. The van der Waals surface area contributed by atoms with Crippen molar-refractivity contribution in [1.82, 2.24) is 0 Å². The smallest absolute Gasteiger partial charge is 0.303 e. The molecule has 0 aliphatic heterocycles. The fourth-order valence-corrected chi connectivity index (χ4v) is 3.06. The number of benzene rings is 1. The first-order chi connectivity index (χ1) is 8.61. The van der Waals surface area contributed by atoms with Crippen molar-refractivity contribution in [2.24, 2.45) is 5.92 Å². The Kier molecular flexibility index (Phi) is 4.27. The van der Waals surface area contributed by atoms with Crippen molar-refractivity contribution >= 4 is 21.9 Å². The molecule has 2 rings (SSSR count). The molecule has 3 nitrogen and oxygen atoms in total. The molecule has 1 aromatic rings. The summed E-state index contributed by atoms with van der Waals surface area (Å²) >= 11 is 3.46. The summed E-state index contributed by atoms with van der Waals surface area (Å²) in [4.78, 5) is 11.0. The first-order valence-electron chi connectivity index (χ1n) is 6.17. The second-order valence-corrected chi connectivity index (χ2v) is 5.64. The van der Waals surface area contributed by atoms with Crippen molar-refractivity contribution in [2.75, 3.05) is 7.11 Å². The van der Waals surface area contributed by atoms with E-state index in [1.165, 1.54) is 6.42 Å². The summed E-state index contributed by atoms with van der Waals surface area (Å²) in [5.41, 5.74) is 1.09. The zero-order valence-corrected chi connectivity index (χ0v) is 11.9. The fraction of sp³-hybridized carbons (Fsp3) is 0.500. The molecule has 0 spiro atoms. The average molecular weight is 313 g/mol. The van der Waals surface area contributed by atoms with Crippen LogP contribution in [0, 0.1) is 5.92 Å². The van der Waals surface area contributed by atoms with Gasteiger partial charge in [0.05, 0.1) is 18.0 Å². The Morgan fingerprint density at radius 1 is 1.56 bits per heavy atom. The number of carboxylic acids is 1. The van der Waals surface area contributed by atoms with Crippen LogP contribution in [0.2, 0.25) is 0 Å². The van der Waals surface area contributed by atoms with E-state index >= 15 is 0 Å². The quantitative estimate of drug-likeness (QED) is 0.899. The lowest BCUT2D eigenvalue weighted by molar-refractivity contribution is -0.138. The van der Waals surface area contributed by atoms with Crippen molar-refractivity contribution in [3.05, 3.63) is 28.2 Å². The van der Waals surface area contributed by atoms with Crippen LogP contribution in [0.5, 0.6) is 5.75 Å². The zero-order valence-electron chi connectivity index (χ0n) is 10.4. The van der Waals surface area contributed by atoms with Crippen LogP contribution < -0.4 is 4.74 Å². The Balaban J connectivity index is 2.23. The maximum absolute atomic E-state index is 11.0. The summed E-state index contributed by atoms with van der Waals surface area (Å²) in [5, 5.41) is 9.05. The number of aliphatic carboxylic acids is 1. The van der Waals surface area contributed by atoms with E-state index in [0.717, 1.165) is 28.6 Å². The summed E-state index contributed by atoms with van der Waals surface area (Å²) < 4.78 is 6.08. The third kappa shape index (κ3) is 2.86. The van der Waals surface area contributed by atoms with Crippen LogP contribution in [0.3, 0.4) is 0 Å². The van der Waals surface area contributed by atoms with Gasteiger partial charge >= 0.3 is 5.97 Å². The highest BCUT2D eigenvalue weighted by molar-refractivity contribution is 9.10. The van der Waals surface area contributed by atoms with Crippen molar-refractivity contribution in [3.8, 4) is 5.75 Å². The minimum absolute atomic E-state index is 0.124. The topological polar surface area (TPSA) is 46.5 Å². The molecule has 1 fully saturated rings. The second kappa shape index (κ2) is 5.74. The molecule has 4 heteroatoms. The van der Waals surface area contributed by atoms with E-state index in [1.807, 2.05) is 18.2 Å². The highest BCUT2D eigenvalue weighted by atomic mass is 79.9. The summed E-state index contributed by atoms with van der Waals surface area (Å²) in [6.07, 6.45) is 3.71. The number of hydrogen-bond donors (Lipinski definition) is 1. The summed E-state index contributed by atoms with van der Waals surface area (Å²) in [7, 11) is 1.63. The monoisotopic (exact) mass is 312 g/mol. The highest BCUT2D eigenvalue weighted by Gasteiger charge is 2.30. The van der Waals surface area contributed by atoms with Crippen molar-refractivity contribution in [1.29, 1.82) is 0 Å². The number of carbonyl (C=O) groups is 1. The minimum atomic E-state index is -0.723. The predicted octanol–water partition coefficient (Wildman–Crippen LogP) is 3.82. The molecule has 1 saturated carbocycles. The fourth-order valence-electron chi connectivity index (χ4n) is 2.50. The second-order valence-electron chi connectivity index (χ2n) is 4.79. The number of carboxylic acid groups (broad SMARTS) is 1. The molecule has 1 aromatic carbocycles. The molecule has 0 aromatic heterocycles. The molecule has 0 radical (unpaired) electrons. The zero-order chi connectivity index (χ0) is 13.1. The van der Waals surface area contributed by atoms with Gasteiger partial charge in [0.2, 0.25) is 0 Å². The third-order valence-electron chi connectivity index (χ3n) is 3.72. The predicted molar refractivity (Wildman–Crippen MR) is 73.0 cm³/mol. The Morgan fingerprint density at radius 3 is 2.72 bits per heavy atom. The molecule has 98 valence electrons. The minimum Gasteiger partial charge on any atom is -0.496 e. The molecule has 1 aliphatic rings. The van der Waals surface area contributed by atoms with E-state index in [0.29, 0.717) is 5.92 Å². The van der Waals surface area contributed by atoms with Crippen LogP contribution in [0.15, 0.2) is 22.7 Å².